The van der Waals surface area contributed by atoms with Gasteiger partial charge in [-0.05, 0) is 32.5 Å². The lowest BCUT2D eigenvalue weighted by molar-refractivity contribution is 0.197. The predicted molar refractivity (Wildman–Crippen MR) is 112 cm³/mol. The predicted octanol–water partition coefficient (Wildman–Crippen LogP) is 1.81. The van der Waals surface area contributed by atoms with Crippen molar-refractivity contribution in [2.24, 2.45) is 0 Å². The molecule has 3 N–H and O–H groups in total. The largest absolute Gasteiger partial charge is 0.496 e. The van der Waals surface area contributed by atoms with Gasteiger partial charge in [-0.2, -0.15) is 5.26 Å². The Morgan fingerprint density at radius 3 is 2.90 bits per heavy atom. The minimum atomic E-state index is -0.0317. The number of hydrogen-bond donors (Lipinski definition) is 3. The molecule has 3 atom stereocenters. The molecule has 2 aromatic rings. The van der Waals surface area contributed by atoms with E-state index in [9.17, 15) is 0 Å². The third kappa shape index (κ3) is 4.62. The van der Waals surface area contributed by atoms with Gasteiger partial charge in [0.15, 0.2) is 5.69 Å². The number of ether oxygens (including phenoxy) is 2. The van der Waals surface area contributed by atoms with E-state index in [1.165, 1.54) is 19.0 Å². The third-order valence-corrected chi connectivity index (χ3v) is 5.69. The Morgan fingerprint density at radius 1 is 1.30 bits per heavy atom. The van der Waals surface area contributed by atoms with Gasteiger partial charge >= 0.3 is 0 Å². The molecule has 0 radical (unpaired) electrons. The van der Waals surface area contributed by atoms with Gasteiger partial charge in [0.25, 0.3) is 0 Å². The molecule has 0 spiro atoms. The fraction of sp³-hybridized carbons (Fsp3) is 0.476. The molecule has 158 valence electrons. The van der Waals surface area contributed by atoms with Crippen LogP contribution >= 0.6 is 0 Å². The lowest BCUT2D eigenvalue weighted by atomic mass is 10.0. The lowest BCUT2D eigenvalue weighted by Crippen LogP contribution is -2.36. The monoisotopic (exact) mass is 409 g/mol. The maximum atomic E-state index is 8.82. The second-order valence-electron chi connectivity index (χ2n) is 7.66. The third-order valence-electron chi connectivity index (χ3n) is 5.69. The Hall–Kier alpha value is -2.93. The molecule has 2 aliphatic rings. The first-order valence-electron chi connectivity index (χ1n) is 10.2. The van der Waals surface area contributed by atoms with Crippen LogP contribution in [0.25, 0.3) is 0 Å². The molecule has 0 saturated carbocycles. The van der Waals surface area contributed by atoms with Crippen LogP contribution in [0.1, 0.15) is 36.6 Å². The number of likely N-dealkylation sites (tertiary alicyclic amines) is 1. The summed E-state index contributed by atoms with van der Waals surface area (Å²) in [6.45, 7) is 1.83. The van der Waals surface area contributed by atoms with E-state index in [1.54, 1.807) is 13.3 Å². The fourth-order valence-electron chi connectivity index (χ4n) is 3.94. The molecule has 2 saturated heterocycles. The Kier molecular flexibility index (Phi) is 6.28. The molecule has 3 heterocycles. The SMILES string of the molecule is COc1cc(OCC2CCCN2C)ccc1C1CC(Nc2cnc(C#N)cn2)NN1. The van der Waals surface area contributed by atoms with Crippen molar-refractivity contribution in [1.82, 2.24) is 25.7 Å². The van der Waals surface area contributed by atoms with Gasteiger partial charge in [0.2, 0.25) is 0 Å². The van der Waals surface area contributed by atoms with Crippen LogP contribution in [0.5, 0.6) is 11.5 Å². The fourth-order valence-corrected chi connectivity index (χ4v) is 3.94. The van der Waals surface area contributed by atoms with E-state index in [4.69, 9.17) is 14.7 Å². The lowest BCUT2D eigenvalue weighted by Gasteiger charge is -2.20. The first-order chi connectivity index (χ1) is 14.7. The number of rotatable bonds is 7. The Bertz CT molecular complexity index is 899. The first-order valence-corrected chi connectivity index (χ1v) is 10.2. The Balaban J connectivity index is 1.36. The number of hydrogen-bond acceptors (Lipinski definition) is 9. The highest BCUT2D eigenvalue weighted by atomic mass is 16.5. The van der Waals surface area contributed by atoms with E-state index >= 15 is 0 Å². The molecule has 4 rings (SSSR count). The van der Waals surface area contributed by atoms with E-state index in [-0.39, 0.29) is 12.2 Å². The minimum absolute atomic E-state index is 0.0317. The number of hydrazine groups is 1. The van der Waals surface area contributed by atoms with Crippen LogP contribution in [0.3, 0.4) is 0 Å². The minimum Gasteiger partial charge on any atom is -0.496 e. The number of nitrogens with zero attached hydrogens (tertiary/aromatic N) is 4. The van der Waals surface area contributed by atoms with Crippen LogP contribution in [-0.4, -0.2) is 54.4 Å². The average Bonchev–Trinajstić information content (AvgIpc) is 3.41. The van der Waals surface area contributed by atoms with Gasteiger partial charge in [0.1, 0.15) is 30.0 Å². The van der Waals surface area contributed by atoms with E-state index in [1.807, 2.05) is 18.2 Å². The molecular weight excluding hydrogens is 382 g/mol. The Morgan fingerprint density at radius 2 is 2.20 bits per heavy atom. The van der Waals surface area contributed by atoms with E-state index < -0.39 is 0 Å². The van der Waals surface area contributed by atoms with E-state index in [2.05, 4.69) is 44.2 Å². The van der Waals surface area contributed by atoms with Crippen molar-refractivity contribution in [3.63, 3.8) is 0 Å². The van der Waals surface area contributed by atoms with Crippen molar-refractivity contribution in [2.45, 2.75) is 37.5 Å². The summed E-state index contributed by atoms with van der Waals surface area (Å²) in [5, 5.41) is 12.1. The number of aromatic nitrogens is 2. The number of benzene rings is 1. The zero-order valence-electron chi connectivity index (χ0n) is 17.3. The second-order valence-corrected chi connectivity index (χ2v) is 7.66. The van der Waals surface area contributed by atoms with Crippen LogP contribution < -0.4 is 25.6 Å². The summed E-state index contributed by atoms with van der Waals surface area (Å²) in [7, 11) is 3.83. The van der Waals surface area contributed by atoms with Gasteiger partial charge in [-0.3, -0.25) is 0 Å². The summed E-state index contributed by atoms with van der Waals surface area (Å²) in [6.07, 6.45) is 6.17. The van der Waals surface area contributed by atoms with Crippen LogP contribution in [0.15, 0.2) is 30.6 Å². The molecule has 3 unspecified atom stereocenters. The molecule has 1 aromatic heterocycles. The maximum absolute atomic E-state index is 8.82. The van der Waals surface area contributed by atoms with Crippen molar-refractivity contribution >= 4 is 5.82 Å². The summed E-state index contributed by atoms with van der Waals surface area (Å²) in [4.78, 5) is 10.6. The van der Waals surface area contributed by atoms with E-state index in [0.717, 1.165) is 30.0 Å². The average molecular weight is 409 g/mol. The van der Waals surface area contributed by atoms with Crippen LogP contribution in [0, 0.1) is 11.3 Å². The van der Waals surface area contributed by atoms with Gasteiger partial charge in [0.05, 0.1) is 31.7 Å². The van der Waals surface area contributed by atoms with Gasteiger partial charge in [0, 0.05) is 24.1 Å². The normalized spacial score (nSPS) is 23.8. The number of anilines is 1. The molecule has 9 heteroatoms. The summed E-state index contributed by atoms with van der Waals surface area (Å²) in [6, 6.07) is 8.52. The highest BCUT2D eigenvalue weighted by Gasteiger charge is 2.28. The van der Waals surface area contributed by atoms with Crippen molar-refractivity contribution in [1.29, 1.82) is 5.26 Å². The van der Waals surface area contributed by atoms with Crippen molar-refractivity contribution in [2.75, 3.05) is 32.6 Å². The maximum Gasteiger partial charge on any atom is 0.158 e. The van der Waals surface area contributed by atoms with Gasteiger partial charge in [-0.25, -0.2) is 20.8 Å². The van der Waals surface area contributed by atoms with E-state index in [0.29, 0.717) is 24.2 Å². The molecule has 30 heavy (non-hydrogen) atoms. The van der Waals surface area contributed by atoms with Crippen molar-refractivity contribution < 1.29 is 9.47 Å². The quantitative estimate of drug-likeness (QED) is 0.631. The first kappa shape index (κ1) is 20.3. The van der Waals surface area contributed by atoms with Crippen molar-refractivity contribution in [3.8, 4) is 17.6 Å². The zero-order valence-corrected chi connectivity index (χ0v) is 17.3. The highest BCUT2D eigenvalue weighted by molar-refractivity contribution is 5.43. The van der Waals surface area contributed by atoms with Gasteiger partial charge in [-0.1, -0.05) is 6.07 Å². The van der Waals surface area contributed by atoms with Crippen LogP contribution in [0.4, 0.5) is 5.82 Å². The van der Waals surface area contributed by atoms with Gasteiger partial charge in [-0.15, -0.1) is 0 Å². The summed E-state index contributed by atoms with van der Waals surface area (Å²) < 4.78 is 11.7. The highest BCUT2D eigenvalue weighted by Crippen LogP contribution is 2.33. The smallest absolute Gasteiger partial charge is 0.158 e. The number of nitrogens with one attached hydrogen (secondary N) is 3. The van der Waals surface area contributed by atoms with Gasteiger partial charge < -0.3 is 19.7 Å². The summed E-state index contributed by atoms with van der Waals surface area (Å²) in [5.74, 6) is 2.23. The molecule has 0 amide bonds. The molecule has 2 aliphatic heterocycles. The topological polar surface area (TPSA) is 107 Å². The molecule has 0 aliphatic carbocycles. The standard InChI is InChI=1S/C21H27N7O2/c1-28-7-3-4-15(28)13-30-16-5-6-17(19(8-16)29-2)18-9-20(27-26-18)25-21-12-23-14(10-22)11-24-21/h5-6,8,11-12,15,18,20,26-27H,3-4,7,9,13H2,1-2H3,(H,24,25). The molecule has 0 bridgehead atoms. The second kappa shape index (κ2) is 9.26. The molecular formula is C21H27N7O2. The van der Waals surface area contributed by atoms with Crippen LogP contribution in [-0.2, 0) is 0 Å². The van der Waals surface area contributed by atoms with Crippen molar-refractivity contribution in [3.05, 3.63) is 41.9 Å². The molecule has 1 aromatic carbocycles. The molecule has 9 nitrogen and oxygen atoms in total. The Labute approximate surface area is 176 Å². The number of likely N-dealkylation sites (N-methyl/N-ethyl adjacent to an activating group) is 1. The summed E-state index contributed by atoms with van der Waals surface area (Å²) in [5.41, 5.74) is 7.89. The molecule has 2 fully saturated rings. The number of methoxy groups -OCH3 is 1. The zero-order chi connectivity index (χ0) is 20.9. The number of nitriles is 1. The summed E-state index contributed by atoms with van der Waals surface area (Å²) >= 11 is 0. The van der Waals surface area contributed by atoms with Crippen LogP contribution in [0.2, 0.25) is 0 Å².